The van der Waals surface area contributed by atoms with E-state index in [-0.39, 0.29) is 5.91 Å². The number of aromatic nitrogens is 2. The summed E-state index contributed by atoms with van der Waals surface area (Å²) in [6.07, 6.45) is 1.97. The molecule has 2 aromatic carbocycles. The average Bonchev–Trinajstić information content (AvgIpc) is 2.90. The van der Waals surface area contributed by atoms with Gasteiger partial charge in [0, 0.05) is 4.90 Å². The van der Waals surface area contributed by atoms with Crippen LogP contribution in [0.5, 0.6) is 0 Å². The van der Waals surface area contributed by atoms with Gasteiger partial charge in [0.1, 0.15) is 10.7 Å². The Labute approximate surface area is 149 Å². The van der Waals surface area contributed by atoms with Crippen LogP contribution in [0.4, 0.5) is 5.69 Å². The van der Waals surface area contributed by atoms with Gasteiger partial charge in [0.05, 0.1) is 17.1 Å². The summed E-state index contributed by atoms with van der Waals surface area (Å²) in [5, 5.41) is 7.63. The van der Waals surface area contributed by atoms with Crippen molar-refractivity contribution in [1.29, 1.82) is 0 Å². The zero-order valence-electron chi connectivity index (χ0n) is 13.3. The first-order valence-electron chi connectivity index (χ1n) is 7.36. The number of rotatable bonds is 4. The Hall–Kier alpha value is -2.24. The number of hydrogen-bond donors (Lipinski definition) is 1. The van der Waals surface area contributed by atoms with Gasteiger partial charge in [-0.3, -0.25) is 4.79 Å². The van der Waals surface area contributed by atoms with Gasteiger partial charge in [0.15, 0.2) is 0 Å². The second kappa shape index (κ2) is 7.11. The van der Waals surface area contributed by atoms with E-state index >= 15 is 0 Å². The van der Waals surface area contributed by atoms with Crippen molar-refractivity contribution in [1.82, 2.24) is 9.78 Å². The highest BCUT2D eigenvalue weighted by molar-refractivity contribution is 7.98. The molecule has 122 valence electrons. The Morgan fingerprint density at radius 1 is 1.12 bits per heavy atom. The number of amides is 1. The number of benzene rings is 2. The molecule has 3 aromatic rings. The van der Waals surface area contributed by atoms with E-state index in [0.717, 1.165) is 16.3 Å². The van der Waals surface area contributed by atoms with Gasteiger partial charge < -0.3 is 5.32 Å². The fourth-order valence-electron chi connectivity index (χ4n) is 2.43. The van der Waals surface area contributed by atoms with Crippen LogP contribution in [0.15, 0.2) is 59.5 Å². The highest BCUT2D eigenvalue weighted by Crippen LogP contribution is 2.28. The number of carbonyl (C=O) groups excluding carboxylic acids is 1. The molecule has 4 nitrogen and oxygen atoms in total. The van der Waals surface area contributed by atoms with Crippen molar-refractivity contribution >= 4 is 35.0 Å². The van der Waals surface area contributed by atoms with Crippen LogP contribution in [0.25, 0.3) is 5.69 Å². The monoisotopic (exact) mass is 357 g/mol. The second-order valence-electron chi connectivity index (χ2n) is 5.15. The lowest BCUT2D eigenvalue weighted by atomic mass is 10.2. The van der Waals surface area contributed by atoms with Gasteiger partial charge in [-0.25, -0.2) is 4.68 Å². The summed E-state index contributed by atoms with van der Waals surface area (Å²) in [6, 6.07) is 17.2. The Kier molecular flexibility index (Phi) is 4.92. The summed E-state index contributed by atoms with van der Waals surface area (Å²) in [5.41, 5.74) is 2.55. The minimum absolute atomic E-state index is 0.263. The van der Waals surface area contributed by atoms with Crippen molar-refractivity contribution < 1.29 is 4.79 Å². The first-order chi connectivity index (χ1) is 11.6. The summed E-state index contributed by atoms with van der Waals surface area (Å²) in [6.45, 7) is 1.78. The van der Waals surface area contributed by atoms with Gasteiger partial charge in [-0.15, -0.1) is 11.8 Å². The van der Waals surface area contributed by atoms with Crippen molar-refractivity contribution in [2.24, 2.45) is 0 Å². The SMILES string of the molecule is CSc1ccccc1NC(=O)c1c(C)nn(-c2ccccc2)c1Cl. The maximum atomic E-state index is 12.7. The minimum atomic E-state index is -0.263. The van der Waals surface area contributed by atoms with E-state index in [2.05, 4.69) is 10.4 Å². The summed E-state index contributed by atoms with van der Waals surface area (Å²) >= 11 is 8.01. The molecule has 0 atom stereocenters. The molecule has 0 aliphatic carbocycles. The third kappa shape index (κ3) is 3.18. The van der Waals surface area contributed by atoms with Gasteiger partial charge in [-0.05, 0) is 37.4 Å². The number of nitrogens with zero attached hydrogens (tertiary/aromatic N) is 2. The first kappa shape index (κ1) is 16.6. The molecule has 0 fully saturated rings. The van der Waals surface area contributed by atoms with Gasteiger partial charge in [-0.1, -0.05) is 41.9 Å². The molecular weight excluding hydrogens is 342 g/mol. The lowest BCUT2D eigenvalue weighted by Crippen LogP contribution is -2.13. The summed E-state index contributed by atoms with van der Waals surface area (Å²) < 4.78 is 1.58. The minimum Gasteiger partial charge on any atom is -0.321 e. The molecule has 1 heterocycles. The van der Waals surface area contributed by atoms with Crippen LogP contribution >= 0.6 is 23.4 Å². The Morgan fingerprint density at radius 3 is 2.50 bits per heavy atom. The average molecular weight is 358 g/mol. The number of aryl methyl sites for hydroxylation is 1. The summed E-state index contributed by atoms with van der Waals surface area (Å²) in [7, 11) is 0. The quantitative estimate of drug-likeness (QED) is 0.682. The molecule has 0 saturated heterocycles. The number of para-hydroxylation sites is 2. The number of thioether (sulfide) groups is 1. The summed E-state index contributed by atoms with van der Waals surface area (Å²) in [4.78, 5) is 13.7. The number of nitrogens with one attached hydrogen (secondary N) is 1. The second-order valence-corrected chi connectivity index (χ2v) is 6.36. The molecule has 24 heavy (non-hydrogen) atoms. The van der Waals surface area contributed by atoms with Crippen LogP contribution in [-0.2, 0) is 0 Å². The zero-order chi connectivity index (χ0) is 17.1. The highest BCUT2D eigenvalue weighted by Gasteiger charge is 2.21. The van der Waals surface area contributed by atoms with Crippen molar-refractivity contribution in [3.8, 4) is 5.69 Å². The van der Waals surface area contributed by atoms with Crippen LogP contribution in [0.1, 0.15) is 16.1 Å². The molecule has 0 unspecified atom stereocenters. The van der Waals surface area contributed by atoms with E-state index in [1.54, 1.807) is 23.4 Å². The van der Waals surface area contributed by atoms with E-state index in [1.807, 2.05) is 60.9 Å². The Morgan fingerprint density at radius 2 is 1.79 bits per heavy atom. The molecule has 0 aliphatic rings. The molecule has 0 saturated carbocycles. The van der Waals surface area contributed by atoms with E-state index in [9.17, 15) is 4.79 Å². The van der Waals surface area contributed by atoms with Gasteiger partial charge >= 0.3 is 0 Å². The number of anilines is 1. The molecule has 1 aromatic heterocycles. The number of carbonyl (C=O) groups is 1. The number of halogens is 1. The third-order valence-corrected chi connectivity index (χ3v) is 4.73. The normalized spacial score (nSPS) is 10.6. The lowest BCUT2D eigenvalue weighted by Gasteiger charge is -2.09. The predicted octanol–water partition coefficient (Wildman–Crippen LogP) is 4.81. The molecule has 3 rings (SSSR count). The molecule has 0 radical (unpaired) electrons. The van der Waals surface area contributed by atoms with Crippen molar-refractivity contribution in [2.75, 3.05) is 11.6 Å². The third-order valence-electron chi connectivity index (χ3n) is 3.59. The van der Waals surface area contributed by atoms with Crippen molar-refractivity contribution in [2.45, 2.75) is 11.8 Å². The molecule has 0 bridgehead atoms. The fraction of sp³-hybridized carbons (Fsp3) is 0.111. The molecule has 1 amide bonds. The van der Waals surface area contributed by atoms with E-state index < -0.39 is 0 Å². The predicted molar refractivity (Wildman–Crippen MR) is 99.5 cm³/mol. The zero-order valence-corrected chi connectivity index (χ0v) is 14.9. The molecular formula is C18H16ClN3OS. The first-order valence-corrected chi connectivity index (χ1v) is 8.97. The maximum Gasteiger partial charge on any atom is 0.260 e. The van der Waals surface area contributed by atoms with Gasteiger partial charge in [0.2, 0.25) is 0 Å². The van der Waals surface area contributed by atoms with Crippen molar-refractivity contribution in [3.63, 3.8) is 0 Å². The fourth-order valence-corrected chi connectivity index (χ4v) is 3.34. The van der Waals surface area contributed by atoms with Gasteiger partial charge in [-0.2, -0.15) is 5.10 Å². The molecule has 1 N–H and O–H groups in total. The Bertz CT molecular complexity index is 877. The molecule has 0 aliphatic heterocycles. The van der Waals surface area contributed by atoms with E-state index in [1.165, 1.54) is 0 Å². The number of hydrogen-bond acceptors (Lipinski definition) is 3. The van der Waals surface area contributed by atoms with E-state index in [0.29, 0.717) is 16.4 Å². The standard InChI is InChI=1S/C18H16ClN3OS/c1-12-16(17(19)22(21-12)13-8-4-3-5-9-13)18(23)20-14-10-6-7-11-15(14)24-2/h3-11H,1-2H3,(H,20,23). The summed E-state index contributed by atoms with van der Waals surface area (Å²) in [5.74, 6) is -0.263. The van der Waals surface area contributed by atoms with Crippen LogP contribution < -0.4 is 5.32 Å². The van der Waals surface area contributed by atoms with Gasteiger partial charge in [0.25, 0.3) is 5.91 Å². The maximum absolute atomic E-state index is 12.7. The van der Waals surface area contributed by atoms with Crippen LogP contribution in [-0.4, -0.2) is 21.9 Å². The lowest BCUT2D eigenvalue weighted by molar-refractivity contribution is 0.102. The molecule has 6 heteroatoms. The van der Waals surface area contributed by atoms with Crippen LogP contribution in [0, 0.1) is 6.92 Å². The molecule has 0 spiro atoms. The van der Waals surface area contributed by atoms with Crippen LogP contribution in [0.2, 0.25) is 5.15 Å². The van der Waals surface area contributed by atoms with Crippen molar-refractivity contribution in [3.05, 3.63) is 71.0 Å². The Balaban J connectivity index is 1.95. The van der Waals surface area contributed by atoms with Crippen LogP contribution in [0.3, 0.4) is 0 Å². The highest BCUT2D eigenvalue weighted by atomic mass is 35.5. The largest absolute Gasteiger partial charge is 0.321 e. The van der Waals surface area contributed by atoms with E-state index in [4.69, 9.17) is 11.6 Å². The topological polar surface area (TPSA) is 46.9 Å². The smallest absolute Gasteiger partial charge is 0.260 e.